The average molecular weight is 282 g/mol. The molecular weight excluding hydrogens is 267 g/mol. The van der Waals surface area contributed by atoms with Crippen molar-refractivity contribution < 1.29 is 12.8 Å². The number of nitriles is 1. The van der Waals surface area contributed by atoms with Crippen LogP contribution in [0.25, 0.3) is 0 Å². The Morgan fingerprint density at radius 2 is 2.26 bits per heavy atom. The van der Waals surface area contributed by atoms with E-state index in [1.807, 2.05) is 11.0 Å². The molecule has 0 bridgehead atoms. The largest absolute Gasteiger partial charge is 0.298 e. The lowest BCUT2D eigenvalue weighted by Crippen LogP contribution is -2.32. The highest BCUT2D eigenvalue weighted by Crippen LogP contribution is 2.19. The van der Waals surface area contributed by atoms with Gasteiger partial charge in [-0.25, -0.2) is 12.8 Å². The molecule has 0 saturated carbocycles. The Bertz CT molecular complexity index is 622. The lowest BCUT2D eigenvalue weighted by atomic mass is 10.1. The number of sulfone groups is 1. The minimum atomic E-state index is -2.93. The number of rotatable bonds is 3. The van der Waals surface area contributed by atoms with E-state index in [4.69, 9.17) is 5.26 Å². The second-order valence-corrected chi connectivity index (χ2v) is 7.12. The van der Waals surface area contributed by atoms with Crippen LogP contribution in [-0.4, -0.2) is 37.9 Å². The van der Waals surface area contributed by atoms with E-state index in [1.165, 1.54) is 6.07 Å². The number of nitrogens with zero attached hydrogens (tertiary/aromatic N) is 2. The summed E-state index contributed by atoms with van der Waals surface area (Å²) in [4.78, 5) is 1.86. The lowest BCUT2D eigenvalue weighted by Gasteiger charge is -2.23. The summed E-state index contributed by atoms with van der Waals surface area (Å²) in [6.45, 7) is 0.345. The van der Waals surface area contributed by atoms with Crippen LogP contribution in [0.5, 0.6) is 0 Å². The topological polar surface area (TPSA) is 61.2 Å². The molecule has 1 aromatic carbocycles. The highest BCUT2D eigenvalue weighted by atomic mass is 32.2. The molecule has 0 radical (unpaired) electrons. The molecule has 1 aliphatic rings. The molecule has 1 fully saturated rings. The number of halogens is 1. The van der Waals surface area contributed by atoms with Gasteiger partial charge in [0.25, 0.3) is 0 Å². The first kappa shape index (κ1) is 14.0. The van der Waals surface area contributed by atoms with Crippen molar-refractivity contribution in [1.29, 1.82) is 5.26 Å². The standard InChI is InChI=1S/C13H15FN2O2S/c1-16(12-4-5-19(17,18)9-12)8-11-3-2-10(7-15)6-13(11)14/h2-3,6,12H,4-5,8-9H2,1H3. The van der Waals surface area contributed by atoms with Crippen LogP contribution in [-0.2, 0) is 16.4 Å². The number of benzene rings is 1. The fraction of sp³-hybridized carbons (Fsp3) is 0.462. The van der Waals surface area contributed by atoms with E-state index >= 15 is 0 Å². The van der Waals surface area contributed by atoms with E-state index in [-0.39, 0.29) is 23.1 Å². The predicted octanol–water partition coefficient (Wildman–Crippen LogP) is 1.32. The zero-order valence-electron chi connectivity index (χ0n) is 10.6. The van der Waals surface area contributed by atoms with Crippen LogP contribution >= 0.6 is 0 Å². The normalized spacial score (nSPS) is 21.5. The molecule has 2 rings (SSSR count). The van der Waals surface area contributed by atoms with Crippen molar-refractivity contribution in [2.24, 2.45) is 0 Å². The van der Waals surface area contributed by atoms with Crippen molar-refractivity contribution in [1.82, 2.24) is 4.90 Å². The Morgan fingerprint density at radius 1 is 1.53 bits per heavy atom. The van der Waals surface area contributed by atoms with Crippen LogP contribution in [0.2, 0.25) is 0 Å². The molecule has 19 heavy (non-hydrogen) atoms. The third-order valence-electron chi connectivity index (χ3n) is 3.43. The third-order valence-corrected chi connectivity index (χ3v) is 5.18. The molecule has 1 aromatic rings. The van der Waals surface area contributed by atoms with Gasteiger partial charge in [-0.05, 0) is 25.6 Å². The predicted molar refractivity (Wildman–Crippen MR) is 69.6 cm³/mol. The zero-order valence-corrected chi connectivity index (χ0v) is 11.5. The molecule has 1 aliphatic heterocycles. The van der Waals surface area contributed by atoms with Crippen molar-refractivity contribution >= 4 is 9.84 Å². The van der Waals surface area contributed by atoms with Crippen LogP contribution in [0.15, 0.2) is 18.2 Å². The Hall–Kier alpha value is -1.45. The van der Waals surface area contributed by atoms with E-state index < -0.39 is 15.7 Å². The van der Waals surface area contributed by atoms with Gasteiger partial charge in [0.15, 0.2) is 9.84 Å². The summed E-state index contributed by atoms with van der Waals surface area (Å²) in [5, 5.41) is 8.67. The summed E-state index contributed by atoms with van der Waals surface area (Å²) in [7, 11) is -1.14. The lowest BCUT2D eigenvalue weighted by molar-refractivity contribution is 0.250. The Balaban J connectivity index is 2.08. The van der Waals surface area contributed by atoms with Gasteiger partial charge in [0, 0.05) is 18.2 Å². The molecule has 0 spiro atoms. The second kappa shape index (κ2) is 5.27. The molecule has 1 unspecified atom stereocenters. The quantitative estimate of drug-likeness (QED) is 0.839. The van der Waals surface area contributed by atoms with Gasteiger partial charge in [-0.15, -0.1) is 0 Å². The minimum Gasteiger partial charge on any atom is -0.298 e. The smallest absolute Gasteiger partial charge is 0.151 e. The molecule has 0 aromatic heterocycles. The molecule has 0 amide bonds. The minimum absolute atomic E-state index is 0.0555. The Labute approximate surface area is 112 Å². The maximum absolute atomic E-state index is 13.7. The van der Waals surface area contributed by atoms with Crippen molar-refractivity contribution in [3.63, 3.8) is 0 Å². The summed E-state index contributed by atoms with van der Waals surface area (Å²) in [5.74, 6) is -0.0778. The van der Waals surface area contributed by atoms with Crippen LogP contribution in [0.1, 0.15) is 17.5 Å². The van der Waals surface area contributed by atoms with Crippen LogP contribution in [0.4, 0.5) is 4.39 Å². The molecule has 1 heterocycles. The number of hydrogen-bond acceptors (Lipinski definition) is 4. The SMILES string of the molecule is CN(Cc1ccc(C#N)cc1F)C1CCS(=O)(=O)C1. The molecule has 0 aliphatic carbocycles. The van der Waals surface area contributed by atoms with Crippen LogP contribution in [0.3, 0.4) is 0 Å². The van der Waals surface area contributed by atoms with Gasteiger partial charge in [0.1, 0.15) is 5.82 Å². The Morgan fingerprint density at radius 3 is 2.79 bits per heavy atom. The zero-order chi connectivity index (χ0) is 14.0. The first-order valence-electron chi connectivity index (χ1n) is 6.00. The van der Waals surface area contributed by atoms with Gasteiger partial charge in [-0.3, -0.25) is 4.90 Å². The van der Waals surface area contributed by atoms with E-state index in [0.29, 0.717) is 18.5 Å². The summed E-state index contributed by atoms with van der Waals surface area (Å²) in [6, 6.07) is 6.17. The highest BCUT2D eigenvalue weighted by molar-refractivity contribution is 7.91. The maximum Gasteiger partial charge on any atom is 0.151 e. The first-order valence-corrected chi connectivity index (χ1v) is 7.82. The summed E-state index contributed by atoms with van der Waals surface area (Å²) in [6.07, 6.45) is 0.594. The van der Waals surface area contributed by atoms with Gasteiger partial charge in [-0.2, -0.15) is 5.26 Å². The highest BCUT2D eigenvalue weighted by Gasteiger charge is 2.30. The van der Waals surface area contributed by atoms with Crippen LogP contribution < -0.4 is 0 Å². The van der Waals surface area contributed by atoms with Crippen molar-refractivity contribution in [3.05, 3.63) is 35.1 Å². The van der Waals surface area contributed by atoms with E-state index in [9.17, 15) is 12.8 Å². The van der Waals surface area contributed by atoms with Crippen molar-refractivity contribution in [3.8, 4) is 6.07 Å². The van der Waals surface area contributed by atoms with E-state index in [0.717, 1.165) is 0 Å². The molecule has 102 valence electrons. The fourth-order valence-electron chi connectivity index (χ4n) is 2.27. The monoisotopic (exact) mass is 282 g/mol. The molecule has 4 nitrogen and oxygen atoms in total. The molecule has 0 N–H and O–H groups in total. The van der Waals surface area contributed by atoms with Gasteiger partial charge < -0.3 is 0 Å². The van der Waals surface area contributed by atoms with E-state index in [1.54, 1.807) is 19.2 Å². The Kier molecular flexibility index (Phi) is 3.88. The second-order valence-electron chi connectivity index (χ2n) is 4.89. The molecule has 1 saturated heterocycles. The van der Waals surface area contributed by atoms with Crippen LogP contribution in [0, 0.1) is 17.1 Å². The fourth-order valence-corrected chi connectivity index (χ4v) is 4.07. The summed E-state index contributed by atoms with van der Waals surface area (Å²) in [5.41, 5.74) is 0.762. The van der Waals surface area contributed by atoms with Crippen molar-refractivity contribution in [2.45, 2.75) is 19.0 Å². The third kappa shape index (κ3) is 3.31. The van der Waals surface area contributed by atoms with Gasteiger partial charge in [-0.1, -0.05) is 6.07 Å². The van der Waals surface area contributed by atoms with Gasteiger partial charge in [0.05, 0.1) is 23.1 Å². The first-order chi connectivity index (χ1) is 8.91. The summed E-state index contributed by atoms with van der Waals surface area (Å²) >= 11 is 0. The van der Waals surface area contributed by atoms with Gasteiger partial charge in [0.2, 0.25) is 0 Å². The summed E-state index contributed by atoms with van der Waals surface area (Å²) < 4.78 is 36.6. The average Bonchev–Trinajstić information content (AvgIpc) is 2.72. The van der Waals surface area contributed by atoms with Crippen molar-refractivity contribution in [2.75, 3.05) is 18.6 Å². The molecular formula is C13H15FN2O2S. The maximum atomic E-state index is 13.7. The molecule has 1 atom stereocenters. The number of hydrogen-bond donors (Lipinski definition) is 0. The van der Waals surface area contributed by atoms with E-state index in [2.05, 4.69) is 0 Å². The van der Waals surface area contributed by atoms with Gasteiger partial charge >= 0.3 is 0 Å². The molecule has 6 heteroatoms.